The largest absolute Gasteiger partial charge is 0.416 e. The number of benzene rings is 1. The Bertz CT molecular complexity index is 400. The van der Waals surface area contributed by atoms with Gasteiger partial charge in [0, 0.05) is 5.92 Å². The first-order valence-corrected chi connectivity index (χ1v) is 5.32. The van der Waals surface area contributed by atoms with Crippen molar-refractivity contribution in [2.24, 2.45) is 5.16 Å². The van der Waals surface area contributed by atoms with Gasteiger partial charge in [-0.3, -0.25) is 0 Å². The number of hydrogen-bond acceptors (Lipinski definition) is 2. The van der Waals surface area contributed by atoms with Crippen LogP contribution in [0.15, 0.2) is 29.4 Å². The monoisotopic (exact) mass is 265 g/mol. The van der Waals surface area contributed by atoms with E-state index < -0.39 is 11.7 Å². The summed E-state index contributed by atoms with van der Waals surface area (Å²) in [5.74, 6) is -0.385. The van der Waals surface area contributed by atoms with Crippen LogP contribution in [0, 0.1) is 0 Å². The molecular formula is C11H11ClF3NO. The van der Waals surface area contributed by atoms with E-state index in [1.165, 1.54) is 12.1 Å². The van der Waals surface area contributed by atoms with E-state index in [-0.39, 0.29) is 11.1 Å². The molecule has 1 unspecified atom stereocenters. The van der Waals surface area contributed by atoms with Crippen LogP contribution < -0.4 is 0 Å². The molecule has 6 heteroatoms. The molecule has 1 rings (SSSR count). The Morgan fingerprint density at radius 2 is 1.88 bits per heavy atom. The van der Waals surface area contributed by atoms with E-state index in [0.717, 1.165) is 12.1 Å². The lowest BCUT2D eigenvalue weighted by Gasteiger charge is -2.13. The first kappa shape index (κ1) is 13.8. The summed E-state index contributed by atoms with van der Waals surface area (Å²) >= 11 is 5.67. The van der Waals surface area contributed by atoms with Crippen molar-refractivity contribution in [1.82, 2.24) is 0 Å². The summed E-state index contributed by atoms with van der Waals surface area (Å²) in [5.41, 5.74) is -0.128. The maximum absolute atomic E-state index is 12.3. The standard InChI is InChI=1S/C11H11ClF3NO/c1-2-9(10(12)16-17)7-3-5-8(6-4-7)11(13,14)15/h3-6,9,17H,2H2,1H3/b16-10+. The molecule has 0 heterocycles. The molecule has 0 aliphatic rings. The fraction of sp³-hybridized carbons (Fsp3) is 0.364. The first-order valence-electron chi connectivity index (χ1n) is 4.94. The van der Waals surface area contributed by atoms with Crippen molar-refractivity contribution in [3.8, 4) is 0 Å². The maximum Gasteiger partial charge on any atom is 0.416 e. The van der Waals surface area contributed by atoms with E-state index in [0.29, 0.717) is 12.0 Å². The maximum atomic E-state index is 12.3. The van der Waals surface area contributed by atoms with Gasteiger partial charge >= 0.3 is 6.18 Å². The molecule has 0 fully saturated rings. The summed E-state index contributed by atoms with van der Waals surface area (Å²) in [5, 5.41) is 11.4. The highest BCUT2D eigenvalue weighted by Gasteiger charge is 2.30. The molecule has 1 aromatic carbocycles. The van der Waals surface area contributed by atoms with Crippen LogP contribution >= 0.6 is 11.6 Å². The first-order chi connectivity index (χ1) is 7.90. The second-order valence-corrected chi connectivity index (χ2v) is 3.89. The Kier molecular flexibility index (Phi) is 4.40. The molecule has 17 heavy (non-hydrogen) atoms. The third kappa shape index (κ3) is 3.36. The summed E-state index contributed by atoms with van der Waals surface area (Å²) in [6, 6.07) is 4.65. The second kappa shape index (κ2) is 5.40. The molecule has 2 nitrogen and oxygen atoms in total. The van der Waals surface area contributed by atoms with E-state index >= 15 is 0 Å². The number of oxime groups is 1. The minimum absolute atomic E-state index is 0.0349. The zero-order valence-electron chi connectivity index (χ0n) is 9.00. The van der Waals surface area contributed by atoms with Crippen molar-refractivity contribution in [3.05, 3.63) is 35.4 Å². The number of hydrogen-bond donors (Lipinski definition) is 1. The summed E-state index contributed by atoms with van der Waals surface area (Å²) < 4.78 is 37.0. The fourth-order valence-corrected chi connectivity index (χ4v) is 1.80. The topological polar surface area (TPSA) is 32.6 Å². The Hall–Kier alpha value is -1.23. The predicted molar refractivity (Wildman–Crippen MR) is 59.6 cm³/mol. The quantitative estimate of drug-likeness (QED) is 0.495. The van der Waals surface area contributed by atoms with E-state index in [1.54, 1.807) is 6.92 Å². The molecule has 0 radical (unpaired) electrons. The minimum Gasteiger partial charge on any atom is -0.410 e. The molecule has 0 aliphatic carbocycles. The molecular weight excluding hydrogens is 255 g/mol. The van der Waals surface area contributed by atoms with E-state index in [4.69, 9.17) is 16.8 Å². The Morgan fingerprint density at radius 3 is 2.24 bits per heavy atom. The van der Waals surface area contributed by atoms with Gasteiger partial charge in [0.05, 0.1) is 5.56 Å². The molecule has 0 aliphatic heterocycles. The molecule has 0 bridgehead atoms. The van der Waals surface area contributed by atoms with Crippen LogP contribution in [-0.4, -0.2) is 10.4 Å². The zero-order valence-corrected chi connectivity index (χ0v) is 9.76. The van der Waals surface area contributed by atoms with Crippen LogP contribution in [0.4, 0.5) is 13.2 Å². The third-order valence-corrected chi connectivity index (χ3v) is 2.77. The Labute approximate surface area is 102 Å². The van der Waals surface area contributed by atoms with E-state index in [1.807, 2.05) is 0 Å². The van der Waals surface area contributed by atoms with Crippen molar-refractivity contribution in [2.45, 2.75) is 25.4 Å². The number of halogens is 4. The van der Waals surface area contributed by atoms with Gasteiger partial charge in [-0.1, -0.05) is 35.8 Å². The second-order valence-electron chi connectivity index (χ2n) is 3.50. The van der Waals surface area contributed by atoms with Crippen molar-refractivity contribution < 1.29 is 18.4 Å². The average Bonchev–Trinajstić information content (AvgIpc) is 2.29. The molecule has 0 saturated heterocycles. The number of nitrogens with zero attached hydrogens (tertiary/aromatic N) is 1. The van der Waals surface area contributed by atoms with Crippen LogP contribution in [0.25, 0.3) is 0 Å². The van der Waals surface area contributed by atoms with Gasteiger partial charge in [-0.2, -0.15) is 13.2 Å². The van der Waals surface area contributed by atoms with E-state index in [2.05, 4.69) is 5.16 Å². The van der Waals surface area contributed by atoms with Gasteiger partial charge in [0.15, 0.2) is 5.17 Å². The van der Waals surface area contributed by atoms with Gasteiger partial charge in [0.2, 0.25) is 0 Å². The lowest BCUT2D eigenvalue weighted by atomic mass is 9.96. The molecule has 0 spiro atoms. The molecule has 0 amide bonds. The fourth-order valence-electron chi connectivity index (χ4n) is 1.52. The highest BCUT2D eigenvalue weighted by molar-refractivity contribution is 6.66. The minimum atomic E-state index is -4.35. The van der Waals surface area contributed by atoms with Gasteiger partial charge in [-0.05, 0) is 24.1 Å². The van der Waals surface area contributed by atoms with Crippen molar-refractivity contribution >= 4 is 16.8 Å². The van der Waals surface area contributed by atoms with Gasteiger partial charge in [0.1, 0.15) is 0 Å². The van der Waals surface area contributed by atoms with Crippen LogP contribution in [0.5, 0.6) is 0 Å². The van der Waals surface area contributed by atoms with Crippen LogP contribution in [0.3, 0.4) is 0 Å². The van der Waals surface area contributed by atoms with Gasteiger partial charge in [-0.25, -0.2) is 0 Å². The highest BCUT2D eigenvalue weighted by Crippen LogP contribution is 2.31. The lowest BCUT2D eigenvalue weighted by Crippen LogP contribution is -2.08. The molecule has 1 aromatic rings. The number of alkyl halides is 3. The van der Waals surface area contributed by atoms with Gasteiger partial charge in [0.25, 0.3) is 0 Å². The number of rotatable bonds is 3. The Balaban J connectivity index is 3.01. The lowest BCUT2D eigenvalue weighted by molar-refractivity contribution is -0.137. The summed E-state index contributed by atoms with van der Waals surface area (Å²) in [7, 11) is 0. The van der Waals surface area contributed by atoms with Crippen molar-refractivity contribution in [2.75, 3.05) is 0 Å². The van der Waals surface area contributed by atoms with Crippen LogP contribution in [-0.2, 0) is 6.18 Å². The van der Waals surface area contributed by atoms with E-state index in [9.17, 15) is 13.2 Å². The molecule has 1 atom stereocenters. The third-order valence-electron chi connectivity index (χ3n) is 2.43. The van der Waals surface area contributed by atoms with Crippen molar-refractivity contribution in [1.29, 1.82) is 0 Å². The SMILES string of the molecule is CCC(/C(Cl)=N\O)c1ccc(C(F)(F)F)cc1. The van der Waals surface area contributed by atoms with Crippen molar-refractivity contribution in [3.63, 3.8) is 0 Å². The van der Waals surface area contributed by atoms with Gasteiger partial charge in [-0.15, -0.1) is 0 Å². The highest BCUT2D eigenvalue weighted by atomic mass is 35.5. The average molecular weight is 266 g/mol. The summed E-state index contributed by atoms with van der Waals surface area (Å²) in [6.07, 6.45) is -3.82. The zero-order chi connectivity index (χ0) is 13.1. The molecule has 0 saturated carbocycles. The smallest absolute Gasteiger partial charge is 0.410 e. The van der Waals surface area contributed by atoms with Gasteiger partial charge < -0.3 is 5.21 Å². The predicted octanol–water partition coefficient (Wildman–Crippen LogP) is 4.23. The summed E-state index contributed by atoms with van der Waals surface area (Å²) in [6.45, 7) is 1.80. The Morgan fingerprint density at radius 1 is 1.35 bits per heavy atom. The normalized spacial score (nSPS) is 14.8. The summed E-state index contributed by atoms with van der Waals surface area (Å²) in [4.78, 5) is 0. The molecule has 94 valence electrons. The molecule has 1 N–H and O–H groups in total. The van der Waals surface area contributed by atoms with Crippen LogP contribution in [0.2, 0.25) is 0 Å². The molecule has 0 aromatic heterocycles. The van der Waals surface area contributed by atoms with Crippen LogP contribution in [0.1, 0.15) is 30.4 Å².